The van der Waals surface area contributed by atoms with Crippen molar-refractivity contribution in [3.05, 3.63) is 35.9 Å². The molecule has 7 heteroatoms. The highest BCUT2D eigenvalue weighted by molar-refractivity contribution is 6.44. The summed E-state index contributed by atoms with van der Waals surface area (Å²) in [6.07, 6.45) is 1.15. The Bertz CT molecular complexity index is 247. The fourth-order valence-electron chi connectivity index (χ4n) is 1.26. The first-order valence-corrected chi connectivity index (χ1v) is 9.82. The number of benzene rings is 1. The zero-order valence-electron chi connectivity index (χ0n) is 9.15. The van der Waals surface area contributed by atoms with Gasteiger partial charge in [0.25, 0.3) is 20.0 Å². The predicted molar refractivity (Wildman–Crippen MR) is 73.8 cm³/mol. The summed E-state index contributed by atoms with van der Waals surface area (Å²) in [5.41, 5.74) is 1.41. The summed E-state index contributed by atoms with van der Waals surface area (Å²) in [6, 6.07) is 11.8. The van der Waals surface area contributed by atoms with Crippen molar-refractivity contribution < 1.29 is 12.3 Å². The zero-order valence-corrected chi connectivity index (χ0v) is 15.4. The van der Waals surface area contributed by atoms with E-state index < -0.39 is 20.0 Å². The topological polar surface area (TPSA) is 27.7 Å². The van der Waals surface area contributed by atoms with E-state index in [2.05, 4.69) is 30.3 Å². The summed E-state index contributed by atoms with van der Waals surface area (Å²) in [7, 11) is -0.861. The van der Waals surface area contributed by atoms with E-state index >= 15 is 0 Å². The van der Waals surface area contributed by atoms with Crippen molar-refractivity contribution in [2.45, 2.75) is 12.5 Å². The van der Waals surface area contributed by atoms with E-state index in [-0.39, 0.29) is 9.76 Å². The van der Waals surface area contributed by atoms with Crippen molar-refractivity contribution in [2.24, 2.45) is 0 Å². The van der Waals surface area contributed by atoms with Gasteiger partial charge in [0.2, 0.25) is 0 Å². The summed E-state index contributed by atoms with van der Waals surface area (Å²) in [4.78, 5) is 0. The Morgan fingerprint density at radius 2 is 1.87 bits per heavy atom. The molecule has 1 rings (SSSR count). The van der Waals surface area contributed by atoms with Gasteiger partial charge in [-0.25, -0.2) is 0 Å². The molecule has 0 aliphatic rings. The van der Waals surface area contributed by atoms with Crippen molar-refractivity contribution in [3.63, 3.8) is 0 Å². The first-order valence-electron chi connectivity index (χ1n) is 5.12. The van der Waals surface area contributed by atoms with Crippen molar-refractivity contribution in [3.8, 4) is 0 Å². The Hall–Kier alpha value is -0.0325. The Kier molecular flexibility index (Phi) is 8.00. The lowest BCUT2D eigenvalue weighted by molar-refractivity contribution is 0.438. The SMILES string of the molecule is [SiH3]O[SiH2]O[SiH2]O[SiH2]CCc1ccccc1. The van der Waals surface area contributed by atoms with Gasteiger partial charge in [0.15, 0.2) is 0 Å². The standard InChI is InChI=1S/C8H18O3Si4/c12-9-14-11-15-10-13-7-6-8-4-2-1-3-5-8/h1-5H,6-7,13-15H2,12H3. The molecule has 0 unspecified atom stereocenters. The van der Waals surface area contributed by atoms with Crippen LogP contribution in [0.5, 0.6) is 0 Å². The monoisotopic (exact) mass is 274 g/mol. The highest BCUT2D eigenvalue weighted by Crippen LogP contribution is 2.01. The molecule has 0 heterocycles. The largest absolute Gasteiger partial charge is 0.449 e. The minimum Gasteiger partial charge on any atom is -0.449 e. The van der Waals surface area contributed by atoms with Crippen molar-refractivity contribution in [1.29, 1.82) is 0 Å². The first-order chi connectivity index (χ1) is 7.43. The molecule has 0 fully saturated rings. The maximum Gasteiger partial charge on any atom is 0.284 e. The van der Waals surface area contributed by atoms with E-state index in [4.69, 9.17) is 12.3 Å². The van der Waals surface area contributed by atoms with Gasteiger partial charge >= 0.3 is 0 Å². The lowest BCUT2D eigenvalue weighted by Gasteiger charge is -2.04. The van der Waals surface area contributed by atoms with E-state index in [9.17, 15) is 0 Å². The van der Waals surface area contributed by atoms with Crippen LogP contribution >= 0.6 is 0 Å². The molecule has 0 aliphatic carbocycles. The van der Waals surface area contributed by atoms with Gasteiger partial charge in [0.05, 0.1) is 0 Å². The molecule has 1 aromatic carbocycles. The maximum atomic E-state index is 5.58. The fraction of sp³-hybridized carbons (Fsp3) is 0.250. The molecule has 0 N–H and O–H groups in total. The van der Waals surface area contributed by atoms with Crippen LogP contribution in [0.4, 0.5) is 0 Å². The summed E-state index contributed by atoms with van der Waals surface area (Å²) in [5.74, 6) is 0. The van der Waals surface area contributed by atoms with Gasteiger partial charge in [-0.1, -0.05) is 30.3 Å². The minimum absolute atomic E-state index is 0.346. The van der Waals surface area contributed by atoms with Crippen LogP contribution in [-0.2, 0) is 18.8 Å². The number of rotatable bonds is 8. The molecule has 0 amide bonds. The molecule has 0 bridgehead atoms. The molecule has 84 valence electrons. The Morgan fingerprint density at radius 1 is 1.07 bits per heavy atom. The first kappa shape index (κ1) is 13.0. The van der Waals surface area contributed by atoms with E-state index in [0.717, 1.165) is 16.9 Å². The van der Waals surface area contributed by atoms with Crippen LogP contribution in [0.2, 0.25) is 6.04 Å². The second-order valence-corrected chi connectivity index (χ2v) is 10.4. The molecular weight excluding hydrogens is 256 g/mol. The average Bonchev–Trinajstić information content (AvgIpc) is 2.29. The quantitative estimate of drug-likeness (QED) is 0.408. The van der Waals surface area contributed by atoms with Crippen LogP contribution in [0.25, 0.3) is 0 Å². The van der Waals surface area contributed by atoms with Gasteiger partial charge in [0, 0.05) is 0 Å². The highest BCUT2D eigenvalue weighted by Gasteiger charge is 1.94. The fourth-order valence-corrected chi connectivity index (χ4v) is 7.07. The number of aryl methyl sites for hydroxylation is 1. The van der Waals surface area contributed by atoms with E-state index in [0.29, 0.717) is 0 Å². The molecule has 0 atom stereocenters. The van der Waals surface area contributed by atoms with E-state index in [1.54, 1.807) is 0 Å². The number of hydrogen-bond acceptors (Lipinski definition) is 3. The average molecular weight is 275 g/mol. The van der Waals surface area contributed by atoms with E-state index in [1.807, 2.05) is 0 Å². The zero-order chi connectivity index (χ0) is 10.8. The molecule has 0 saturated heterocycles. The second kappa shape index (κ2) is 9.21. The smallest absolute Gasteiger partial charge is 0.284 e. The van der Waals surface area contributed by atoms with Crippen LogP contribution in [0, 0.1) is 0 Å². The van der Waals surface area contributed by atoms with Gasteiger partial charge < -0.3 is 12.3 Å². The van der Waals surface area contributed by atoms with Gasteiger partial charge in [-0.05, 0) is 18.0 Å². The van der Waals surface area contributed by atoms with Gasteiger partial charge in [-0.2, -0.15) is 0 Å². The molecule has 0 spiro atoms. The second-order valence-electron chi connectivity index (χ2n) is 3.23. The van der Waals surface area contributed by atoms with Gasteiger partial charge in [0.1, 0.15) is 20.2 Å². The minimum atomic E-state index is -0.679. The van der Waals surface area contributed by atoms with Crippen LogP contribution in [0.3, 0.4) is 0 Å². The van der Waals surface area contributed by atoms with Crippen LogP contribution < -0.4 is 0 Å². The molecule has 1 aromatic rings. The maximum absolute atomic E-state index is 5.58. The van der Waals surface area contributed by atoms with Gasteiger partial charge in [-0.15, -0.1) is 0 Å². The third-order valence-electron chi connectivity index (χ3n) is 1.96. The molecule has 0 radical (unpaired) electrons. The summed E-state index contributed by atoms with van der Waals surface area (Å²) in [6.45, 7) is 0. The molecule has 15 heavy (non-hydrogen) atoms. The number of hydrogen-bond donors (Lipinski definition) is 0. The lowest BCUT2D eigenvalue weighted by Crippen LogP contribution is -2.12. The summed E-state index contributed by atoms with van der Waals surface area (Å²) in [5, 5.41) is 0. The molecule has 0 aliphatic heterocycles. The van der Waals surface area contributed by atoms with Crippen LogP contribution in [-0.4, -0.2) is 40.3 Å². The predicted octanol–water partition coefficient (Wildman–Crippen LogP) is -1.94. The molecule has 0 aromatic heterocycles. The third kappa shape index (κ3) is 6.95. The Labute approximate surface area is 101 Å². The highest BCUT2D eigenvalue weighted by atomic mass is 28.4. The normalized spacial score (nSPS) is 13.1. The lowest BCUT2D eigenvalue weighted by atomic mass is 10.2. The summed E-state index contributed by atoms with van der Waals surface area (Å²) >= 11 is 0. The van der Waals surface area contributed by atoms with Crippen molar-refractivity contribution >= 4 is 40.3 Å². The van der Waals surface area contributed by atoms with Gasteiger partial charge in [-0.3, -0.25) is 0 Å². The third-order valence-corrected chi connectivity index (χ3v) is 6.70. The Balaban J connectivity index is 1.93. The van der Waals surface area contributed by atoms with Crippen LogP contribution in [0.1, 0.15) is 5.56 Å². The molecular formula is C8H18O3Si4. The van der Waals surface area contributed by atoms with Crippen LogP contribution in [0.15, 0.2) is 30.3 Å². The Morgan fingerprint density at radius 3 is 2.60 bits per heavy atom. The molecule has 3 nitrogen and oxygen atoms in total. The molecule has 0 saturated carbocycles. The summed E-state index contributed by atoms with van der Waals surface area (Å²) < 4.78 is 16.0. The van der Waals surface area contributed by atoms with Crippen molar-refractivity contribution in [2.75, 3.05) is 0 Å². The van der Waals surface area contributed by atoms with Crippen molar-refractivity contribution in [1.82, 2.24) is 0 Å². The van der Waals surface area contributed by atoms with E-state index in [1.165, 1.54) is 11.6 Å².